The lowest BCUT2D eigenvalue weighted by Gasteiger charge is -2.07. The Morgan fingerprint density at radius 3 is 2.42 bits per heavy atom. The molecule has 2 aromatic carbocycles. The van der Waals surface area contributed by atoms with Crippen molar-refractivity contribution >= 4 is 23.3 Å². The van der Waals surface area contributed by atoms with E-state index in [4.69, 9.17) is 0 Å². The molecule has 0 aliphatic rings. The van der Waals surface area contributed by atoms with E-state index in [9.17, 15) is 19.7 Å². The van der Waals surface area contributed by atoms with Gasteiger partial charge in [-0.3, -0.25) is 14.9 Å². The van der Waals surface area contributed by atoms with Crippen LogP contribution in [0.2, 0.25) is 0 Å². The summed E-state index contributed by atoms with van der Waals surface area (Å²) in [7, 11) is 1.17. The first-order chi connectivity index (χ1) is 11.5. The van der Waals surface area contributed by atoms with E-state index in [2.05, 4.69) is 17.0 Å². The Bertz CT molecular complexity index is 784. The number of nitro groups is 1. The summed E-state index contributed by atoms with van der Waals surface area (Å²) in [6.07, 6.45) is 0.620. The van der Waals surface area contributed by atoms with Crippen molar-refractivity contribution in [2.75, 3.05) is 12.4 Å². The van der Waals surface area contributed by atoms with E-state index in [0.717, 1.165) is 11.6 Å². The molecule has 0 spiro atoms. The standard InChI is InChI=1S/C17H15N2O5/c1-3-11-4-7-13(8-5-11)18-16(20)14-9-6-12(17(21)24-2)10-15(14)19(22)23/h4-10H,1,3H2,2H3,(H,18,20). The highest BCUT2D eigenvalue weighted by molar-refractivity contribution is 6.07. The molecule has 2 aromatic rings. The van der Waals surface area contributed by atoms with Crippen molar-refractivity contribution in [2.45, 2.75) is 6.42 Å². The minimum Gasteiger partial charge on any atom is -0.465 e. The van der Waals surface area contributed by atoms with Crippen molar-refractivity contribution < 1.29 is 19.2 Å². The first-order valence-corrected chi connectivity index (χ1v) is 7.02. The van der Waals surface area contributed by atoms with Crippen LogP contribution in [0.1, 0.15) is 26.3 Å². The van der Waals surface area contributed by atoms with Gasteiger partial charge in [0.25, 0.3) is 11.6 Å². The van der Waals surface area contributed by atoms with Gasteiger partial charge in [-0.05, 0) is 43.2 Å². The molecule has 1 amide bonds. The van der Waals surface area contributed by atoms with Crippen LogP contribution in [-0.4, -0.2) is 23.9 Å². The van der Waals surface area contributed by atoms with Crippen LogP contribution in [0.3, 0.4) is 0 Å². The fraction of sp³-hybridized carbons (Fsp3) is 0.118. The van der Waals surface area contributed by atoms with Crippen LogP contribution in [0.4, 0.5) is 11.4 Å². The van der Waals surface area contributed by atoms with E-state index in [0.29, 0.717) is 12.1 Å². The largest absolute Gasteiger partial charge is 0.465 e. The zero-order valence-electron chi connectivity index (χ0n) is 12.9. The molecule has 0 fully saturated rings. The molecule has 0 aromatic heterocycles. The number of rotatable bonds is 5. The summed E-state index contributed by atoms with van der Waals surface area (Å²) < 4.78 is 4.52. The number of ether oxygens (including phenoxy) is 1. The Balaban J connectivity index is 2.30. The molecular weight excluding hydrogens is 312 g/mol. The number of benzene rings is 2. The van der Waals surface area contributed by atoms with Crippen LogP contribution < -0.4 is 5.32 Å². The van der Waals surface area contributed by atoms with E-state index < -0.39 is 22.5 Å². The van der Waals surface area contributed by atoms with Gasteiger partial charge in [-0.2, -0.15) is 0 Å². The van der Waals surface area contributed by atoms with Crippen molar-refractivity contribution in [2.24, 2.45) is 0 Å². The third kappa shape index (κ3) is 3.75. The van der Waals surface area contributed by atoms with E-state index in [1.165, 1.54) is 19.2 Å². The quantitative estimate of drug-likeness (QED) is 0.517. The number of esters is 1. The lowest BCUT2D eigenvalue weighted by molar-refractivity contribution is -0.385. The van der Waals surface area contributed by atoms with E-state index in [1.54, 1.807) is 24.3 Å². The highest BCUT2D eigenvalue weighted by Gasteiger charge is 2.22. The number of nitro benzene ring substituents is 1. The maximum absolute atomic E-state index is 12.3. The highest BCUT2D eigenvalue weighted by atomic mass is 16.6. The molecule has 1 radical (unpaired) electrons. The highest BCUT2D eigenvalue weighted by Crippen LogP contribution is 2.22. The minimum absolute atomic E-state index is 0.000508. The Morgan fingerprint density at radius 2 is 1.88 bits per heavy atom. The predicted octanol–water partition coefficient (Wildman–Crippen LogP) is 3.01. The van der Waals surface area contributed by atoms with Crippen LogP contribution in [-0.2, 0) is 11.2 Å². The molecular formula is C17H15N2O5. The number of hydrogen-bond donors (Lipinski definition) is 1. The second kappa shape index (κ2) is 7.36. The summed E-state index contributed by atoms with van der Waals surface area (Å²) in [6, 6.07) is 10.5. The van der Waals surface area contributed by atoms with Crippen molar-refractivity contribution in [1.82, 2.24) is 0 Å². The first kappa shape index (κ1) is 17.1. The molecule has 0 aliphatic carbocycles. The van der Waals surface area contributed by atoms with Crippen LogP contribution >= 0.6 is 0 Å². The van der Waals surface area contributed by atoms with Gasteiger partial charge in [0.1, 0.15) is 5.56 Å². The van der Waals surface area contributed by atoms with Gasteiger partial charge in [-0.1, -0.05) is 12.1 Å². The van der Waals surface area contributed by atoms with Crippen molar-refractivity contribution in [3.05, 3.63) is 76.2 Å². The second-order valence-corrected chi connectivity index (χ2v) is 4.88. The van der Waals surface area contributed by atoms with Crippen molar-refractivity contribution in [3.63, 3.8) is 0 Å². The van der Waals surface area contributed by atoms with E-state index in [-0.39, 0.29) is 11.1 Å². The molecule has 0 saturated heterocycles. The van der Waals surface area contributed by atoms with Gasteiger partial charge in [-0.15, -0.1) is 0 Å². The third-order valence-electron chi connectivity index (χ3n) is 3.36. The smallest absolute Gasteiger partial charge is 0.338 e. The number of nitrogens with zero attached hydrogens (tertiary/aromatic N) is 1. The molecule has 0 unspecified atom stereocenters. The van der Waals surface area contributed by atoms with Gasteiger partial charge < -0.3 is 10.1 Å². The maximum Gasteiger partial charge on any atom is 0.338 e. The minimum atomic E-state index is -0.715. The summed E-state index contributed by atoms with van der Waals surface area (Å²) in [4.78, 5) is 34.2. The Labute approximate surface area is 138 Å². The Kier molecular flexibility index (Phi) is 5.26. The fourth-order valence-electron chi connectivity index (χ4n) is 2.07. The van der Waals surface area contributed by atoms with Crippen LogP contribution in [0.25, 0.3) is 0 Å². The molecule has 0 bridgehead atoms. The number of nitrogens with one attached hydrogen (secondary N) is 1. The van der Waals surface area contributed by atoms with Gasteiger partial charge in [0.2, 0.25) is 0 Å². The molecule has 7 heteroatoms. The van der Waals surface area contributed by atoms with Crippen LogP contribution in [0, 0.1) is 17.0 Å². The summed E-state index contributed by atoms with van der Waals surface area (Å²) in [6.45, 7) is 3.75. The van der Waals surface area contributed by atoms with Gasteiger partial charge >= 0.3 is 5.97 Å². The number of hydrogen-bond acceptors (Lipinski definition) is 5. The third-order valence-corrected chi connectivity index (χ3v) is 3.36. The second-order valence-electron chi connectivity index (χ2n) is 4.88. The van der Waals surface area contributed by atoms with Crippen LogP contribution in [0.5, 0.6) is 0 Å². The van der Waals surface area contributed by atoms with Crippen LogP contribution in [0.15, 0.2) is 42.5 Å². The molecule has 7 nitrogen and oxygen atoms in total. The normalized spacial score (nSPS) is 10.1. The number of methoxy groups -OCH3 is 1. The summed E-state index contributed by atoms with van der Waals surface area (Å²) in [5, 5.41) is 13.8. The van der Waals surface area contributed by atoms with E-state index in [1.807, 2.05) is 0 Å². The zero-order chi connectivity index (χ0) is 17.7. The Morgan fingerprint density at radius 1 is 1.21 bits per heavy atom. The summed E-state index contributed by atoms with van der Waals surface area (Å²) >= 11 is 0. The van der Waals surface area contributed by atoms with Crippen molar-refractivity contribution in [1.29, 1.82) is 0 Å². The molecule has 1 N–H and O–H groups in total. The molecule has 0 aliphatic heterocycles. The van der Waals surface area contributed by atoms with E-state index >= 15 is 0 Å². The monoisotopic (exact) mass is 327 g/mol. The molecule has 2 rings (SSSR count). The molecule has 24 heavy (non-hydrogen) atoms. The average molecular weight is 327 g/mol. The van der Waals surface area contributed by atoms with Gasteiger partial charge in [0.05, 0.1) is 17.6 Å². The molecule has 0 saturated carbocycles. The maximum atomic E-state index is 12.3. The lowest BCUT2D eigenvalue weighted by atomic mass is 10.1. The van der Waals surface area contributed by atoms with Gasteiger partial charge in [-0.25, -0.2) is 4.79 Å². The zero-order valence-corrected chi connectivity index (χ0v) is 12.9. The molecule has 123 valence electrons. The average Bonchev–Trinajstić information content (AvgIpc) is 2.61. The topological polar surface area (TPSA) is 98.5 Å². The first-order valence-electron chi connectivity index (χ1n) is 7.02. The number of anilines is 1. The number of carbonyl (C=O) groups is 2. The predicted molar refractivity (Wildman–Crippen MR) is 87.9 cm³/mol. The Hall–Kier alpha value is -3.22. The SMILES string of the molecule is [CH2]Cc1ccc(NC(=O)c2ccc(C(=O)OC)cc2[N+](=O)[O-])cc1. The van der Waals surface area contributed by atoms with Gasteiger partial charge in [0, 0.05) is 11.8 Å². The molecule has 0 heterocycles. The summed E-state index contributed by atoms with van der Waals surface area (Å²) in [5.74, 6) is -1.35. The lowest BCUT2D eigenvalue weighted by Crippen LogP contribution is -2.15. The fourth-order valence-corrected chi connectivity index (χ4v) is 2.07. The summed E-state index contributed by atoms with van der Waals surface area (Å²) in [5.41, 5.74) is 0.893. The molecule has 0 atom stereocenters. The number of carbonyl (C=O) groups excluding carboxylic acids is 2. The number of amides is 1. The van der Waals surface area contributed by atoms with Gasteiger partial charge in [0.15, 0.2) is 0 Å². The van der Waals surface area contributed by atoms with Crippen molar-refractivity contribution in [3.8, 4) is 0 Å².